The highest BCUT2D eigenvalue weighted by Crippen LogP contribution is 2.33. The summed E-state index contributed by atoms with van der Waals surface area (Å²) in [6, 6.07) is 0.661. The van der Waals surface area contributed by atoms with E-state index in [1.807, 2.05) is 7.05 Å². The van der Waals surface area contributed by atoms with E-state index in [0.29, 0.717) is 18.1 Å². The van der Waals surface area contributed by atoms with Crippen LogP contribution in [0.25, 0.3) is 0 Å². The summed E-state index contributed by atoms with van der Waals surface area (Å²) in [5.74, 6) is 1.62. The molecule has 0 aliphatic carbocycles. The predicted molar refractivity (Wildman–Crippen MR) is 119 cm³/mol. The molecule has 3 heterocycles. The van der Waals surface area contributed by atoms with E-state index in [4.69, 9.17) is 4.74 Å². The van der Waals surface area contributed by atoms with Crippen molar-refractivity contribution in [1.82, 2.24) is 15.1 Å². The number of nitrogens with one attached hydrogen (secondary N) is 1. The summed E-state index contributed by atoms with van der Waals surface area (Å²) in [6.07, 6.45) is 8.55. The van der Waals surface area contributed by atoms with Crippen LogP contribution in [0.5, 0.6) is 0 Å². The third-order valence-corrected chi connectivity index (χ3v) is 5.86. The average molecular weight is 476 g/mol. The first kappa shape index (κ1) is 22.0. The Kier molecular flexibility index (Phi) is 8.22. The normalized spacial score (nSPS) is 30.5. The molecule has 6 heteroatoms. The highest BCUT2D eigenvalue weighted by molar-refractivity contribution is 14.0. The number of likely N-dealkylation sites (tertiary alicyclic amines) is 1. The standard InChI is InChI=1S/C20H36N4O.HI/c1-20(2,3)18-16(8-7-13-25-18)14-22-19(21-4)24-12-9-17(15-24)23-10-5-6-11-23;/h5-6,16-18H,7-15H2,1-4H3,(H,21,22);1H. The van der Waals surface area contributed by atoms with Crippen LogP contribution in [-0.4, -0.2) is 74.3 Å². The van der Waals surface area contributed by atoms with Gasteiger partial charge in [0.2, 0.25) is 0 Å². The Morgan fingerprint density at radius 3 is 2.62 bits per heavy atom. The van der Waals surface area contributed by atoms with Crippen molar-refractivity contribution in [2.75, 3.05) is 46.4 Å². The third-order valence-electron chi connectivity index (χ3n) is 5.86. The SMILES string of the molecule is CN=C(NCC1CCCOC1C(C)(C)C)N1CCC(N2CC=CC2)C1.I. The Bertz CT molecular complexity index is 495. The van der Waals surface area contributed by atoms with E-state index >= 15 is 0 Å². The zero-order valence-corrected chi connectivity index (χ0v) is 19.2. The molecule has 0 radical (unpaired) electrons. The molecule has 2 saturated heterocycles. The molecule has 5 nitrogen and oxygen atoms in total. The Morgan fingerprint density at radius 2 is 1.96 bits per heavy atom. The fourth-order valence-electron chi connectivity index (χ4n) is 4.59. The molecule has 0 bridgehead atoms. The lowest BCUT2D eigenvalue weighted by molar-refractivity contribution is -0.0836. The Morgan fingerprint density at radius 1 is 1.23 bits per heavy atom. The van der Waals surface area contributed by atoms with Gasteiger partial charge >= 0.3 is 0 Å². The maximum Gasteiger partial charge on any atom is 0.193 e. The van der Waals surface area contributed by atoms with E-state index < -0.39 is 0 Å². The van der Waals surface area contributed by atoms with Gasteiger partial charge in [-0.3, -0.25) is 9.89 Å². The lowest BCUT2D eigenvalue weighted by Gasteiger charge is -2.40. The van der Waals surface area contributed by atoms with Crippen LogP contribution in [0.4, 0.5) is 0 Å². The molecule has 0 saturated carbocycles. The topological polar surface area (TPSA) is 40.1 Å². The lowest BCUT2D eigenvalue weighted by Crippen LogP contribution is -2.48. The molecule has 3 aliphatic heterocycles. The van der Waals surface area contributed by atoms with Gasteiger partial charge in [0.1, 0.15) is 0 Å². The molecule has 0 aromatic carbocycles. The number of aliphatic imine (C=N–C) groups is 1. The first-order valence-electron chi connectivity index (χ1n) is 9.95. The van der Waals surface area contributed by atoms with E-state index in [9.17, 15) is 0 Å². The fourth-order valence-corrected chi connectivity index (χ4v) is 4.59. The quantitative estimate of drug-likeness (QED) is 0.294. The van der Waals surface area contributed by atoms with Gasteiger partial charge in [-0.15, -0.1) is 24.0 Å². The molecule has 150 valence electrons. The van der Waals surface area contributed by atoms with Crippen molar-refractivity contribution in [2.24, 2.45) is 16.3 Å². The van der Waals surface area contributed by atoms with Crippen molar-refractivity contribution in [1.29, 1.82) is 0 Å². The van der Waals surface area contributed by atoms with Crippen molar-refractivity contribution in [3.8, 4) is 0 Å². The van der Waals surface area contributed by atoms with Gasteiger partial charge in [0.25, 0.3) is 0 Å². The van der Waals surface area contributed by atoms with E-state index in [2.05, 4.69) is 53.0 Å². The van der Waals surface area contributed by atoms with Gasteiger partial charge in [0, 0.05) is 58.3 Å². The van der Waals surface area contributed by atoms with Gasteiger partial charge in [0.05, 0.1) is 6.10 Å². The number of nitrogens with zero attached hydrogens (tertiary/aromatic N) is 3. The van der Waals surface area contributed by atoms with Crippen molar-refractivity contribution in [3.63, 3.8) is 0 Å². The number of ether oxygens (including phenoxy) is 1. The first-order chi connectivity index (χ1) is 12.0. The highest BCUT2D eigenvalue weighted by atomic mass is 127. The lowest BCUT2D eigenvalue weighted by atomic mass is 9.78. The van der Waals surface area contributed by atoms with Gasteiger partial charge in [-0.2, -0.15) is 0 Å². The molecule has 26 heavy (non-hydrogen) atoms. The molecular weight excluding hydrogens is 439 g/mol. The Hall–Kier alpha value is -0.340. The van der Waals surface area contributed by atoms with Gasteiger partial charge in [0.15, 0.2) is 5.96 Å². The number of hydrogen-bond acceptors (Lipinski definition) is 3. The van der Waals surface area contributed by atoms with E-state index in [0.717, 1.165) is 45.3 Å². The summed E-state index contributed by atoms with van der Waals surface area (Å²) in [6.45, 7) is 13.1. The molecule has 1 N–H and O–H groups in total. The number of halogens is 1. The summed E-state index contributed by atoms with van der Waals surface area (Å²) in [5.41, 5.74) is 0.192. The van der Waals surface area contributed by atoms with Crippen molar-refractivity contribution < 1.29 is 4.74 Å². The predicted octanol–water partition coefficient (Wildman–Crippen LogP) is 2.97. The van der Waals surface area contributed by atoms with Crippen molar-refractivity contribution in [3.05, 3.63) is 12.2 Å². The maximum atomic E-state index is 6.12. The minimum atomic E-state index is 0. The third kappa shape index (κ3) is 5.35. The Labute approximate surface area is 176 Å². The first-order valence-corrected chi connectivity index (χ1v) is 9.95. The van der Waals surface area contributed by atoms with Crippen LogP contribution in [-0.2, 0) is 4.74 Å². The molecule has 0 spiro atoms. The van der Waals surface area contributed by atoms with Crippen LogP contribution in [0.3, 0.4) is 0 Å². The van der Waals surface area contributed by atoms with Crippen LogP contribution in [0.15, 0.2) is 17.1 Å². The largest absolute Gasteiger partial charge is 0.377 e. The van der Waals surface area contributed by atoms with Crippen LogP contribution in [0, 0.1) is 11.3 Å². The monoisotopic (exact) mass is 476 g/mol. The minimum Gasteiger partial charge on any atom is -0.377 e. The molecule has 3 atom stereocenters. The van der Waals surface area contributed by atoms with E-state index in [1.54, 1.807) is 0 Å². The van der Waals surface area contributed by atoms with Crippen LogP contribution in [0.2, 0.25) is 0 Å². The van der Waals surface area contributed by atoms with E-state index in [1.165, 1.54) is 19.3 Å². The van der Waals surface area contributed by atoms with Crippen LogP contribution in [0.1, 0.15) is 40.0 Å². The zero-order chi connectivity index (χ0) is 17.9. The summed E-state index contributed by atoms with van der Waals surface area (Å²) in [4.78, 5) is 9.56. The molecule has 3 rings (SSSR count). The van der Waals surface area contributed by atoms with Crippen LogP contribution >= 0.6 is 24.0 Å². The minimum absolute atomic E-state index is 0. The second-order valence-corrected chi connectivity index (χ2v) is 8.80. The molecule has 0 amide bonds. The molecule has 2 fully saturated rings. The van der Waals surface area contributed by atoms with Gasteiger partial charge < -0.3 is 15.0 Å². The number of rotatable bonds is 3. The molecule has 0 aromatic heterocycles. The van der Waals surface area contributed by atoms with Gasteiger partial charge in [-0.25, -0.2) is 0 Å². The molecule has 3 aliphatic rings. The van der Waals surface area contributed by atoms with Crippen molar-refractivity contribution in [2.45, 2.75) is 52.2 Å². The summed E-state index contributed by atoms with van der Waals surface area (Å²) >= 11 is 0. The number of hydrogen-bond donors (Lipinski definition) is 1. The summed E-state index contributed by atoms with van der Waals surface area (Å²) < 4.78 is 6.12. The molecular formula is C20H37IN4O. The Balaban J connectivity index is 0.00000243. The summed E-state index contributed by atoms with van der Waals surface area (Å²) in [7, 11) is 1.91. The zero-order valence-electron chi connectivity index (χ0n) is 16.9. The van der Waals surface area contributed by atoms with Crippen molar-refractivity contribution >= 4 is 29.9 Å². The second kappa shape index (κ2) is 9.73. The number of guanidine groups is 1. The highest BCUT2D eigenvalue weighted by Gasteiger charge is 2.36. The summed E-state index contributed by atoms with van der Waals surface area (Å²) in [5, 5.41) is 3.66. The molecule has 3 unspecified atom stereocenters. The fraction of sp³-hybridized carbons (Fsp3) is 0.850. The second-order valence-electron chi connectivity index (χ2n) is 8.80. The van der Waals surface area contributed by atoms with Gasteiger partial charge in [-0.05, 0) is 24.7 Å². The smallest absolute Gasteiger partial charge is 0.193 e. The van der Waals surface area contributed by atoms with Gasteiger partial charge in [-0.1, -0.05) is 32.9 Å². The van der Waals surface area contributed by atoms with E-state index in [-0.39, 0.29) is 29.4 Å². The maximum absolute atomic E-state index is 6.12. The van der Waals surface area contributed by atoms with Crippen LogP contribution < -0.4 is 5.32 Å². The molecule has 0 aromatic rings. The average Bonchev–Trinajstić information content (AvgIpc) is 3.26.